The van der Waals surface area contributed by atoms with Gasteiger partial charge in [-0.2, -0.15) is 4.99 Å². The van der Waals surface area contributed by atoms with Crippen molar-refractivity contribution in [3.05, 3.63) is 23.4 Å². The maximum atomic E-state index is 12.3. The normalized spacial score (nSPS) is 16.2. The van der Waals surface area contributed by atoms with Gasteiger partial charge < -0.3 is 20.7 Å². The first-order valence-corrected chi connectivity index (χ1v) is 10.8. The Morgan fingerprint density at radius 1 is 1.39 bits per heavy atom. The number of ether oxygens (including phenoxy) is 1. The highest BCUT2D eigenvalue weighted by Gasteiger charge is 2.26. The van der Waals surface area contributed by atoms with Crippen molar-refractivity contribution in [2.75, 3.05) is 25.0 Å². The highest BCUT2D eigenvalue weighted by molar-refractivity contribution is 5.96. The van der Waals surface area contributed by atoms with Crippen LogP contribution >= 0.6 is 0 Å². The maximum absolute atomic E-state index is 12.3. The van der Waals surface area contributed by atoms with Crippen molar-refractivity contribution in [3.8, 4) is 0 Å². The van der Waals surface area contributed by atoms with Gasteiger partial charge in [0.15, 0.2) is 6.40 Å². The van der Waals surface area contributed by atoms with Crippen LogP contribution in [-0.4, -0.2) is 53.7 Å². The number of hydrogen-bond acceptors (Lipinski definition) is 6. The van der Waals surface area contributed by atoms with E-state index in [1.165, 1.54) is 0 Å². The molecule has 31 heavy (non-hydrogen) atoms. The van der Waals surface area contributed by atoms with Gasteiger partial charge in [0.05, 0.1) is 11.3 Å². The minimum absolute atomic E-state index is 0.0747. The van der Waals surface area contributed by atoms with Crippen molar-refractivity contribution >= 4 is 30.0 Å². The molecule has 1 aromatic rings. The molecule has 2 heterocycles. The van der Waals surface area contributed by atoms with Gasteiger partial charge in [0.2, 0.25) is 5.90 Å². The molecule has 1 aliphatic heterocycles. The number of aromatic nitrogens is 1. The topological polar surface area (TPSA) is 141 Å². The van der Waals surface area contributed by atoms with E-state index in [2.05, 4.69) is 22.2 Å². The predicted molar refractivity (Wildman–Crippen MR) is 124 cm³/mol. The minimum Gasteiger partial charge on any atom is -0.428 e. The number of anilines is 1. The first-order valence-electron chi connectivity index (χ1n) is 10.8. The molecule has 1 fully saturated rings. The molecule has 0 bridgehead atoms. The number of likely N-dealkylation sites (tertiary alicyclic amines) is 1. The summed E-state index contributed by atoms with van der Waals surface area (Å²) in [7, 11) is 0. The maximum Gasteiger partial charge on any atom is 0.345 e. The van der Waals surface area contributed by atoms with E-state index >= 15 is 0 Å². The molecule has 2 rings (SSSR count). The molecule has 9 heteroatoms. The number of urea groups is 1. The summed E-state index contributed by atoms with van der Waals surface area (Å²) >= 11 is 0. The van der Waals surface area contributed by atoms with Crippen molar-refractivity contribution in [1.29, 1.82) is 10.8 Å². The number of carbonyl (C=O) groups is 1. The van der Waals surface area contributed by atoms with Crippen molar-refractivity contribution in [2.45, 2.75) is 47.0 Å². The van der Waals surface area contributed by atoms with Crippen LogP contribution in [0.2, 0.25) is 0 Å². The molecular formula is C22H35N7O2. The molecule has 1 saturated heterocycles. The molecule has 5 N–H and O–H groups in total. The van der Waals surface area contributed by atoms with Gasteiger partial charge >= 0.3 is 6.03 Å². The largest absolute Gasteiger partial charge is 0.428 e. The summed E-state index contributed by atoms with van der Waals surface area (Å²) < 4.78 is 4.81. The Balaban J connectivity index is 1.77. The number of nitrogens with two attached hydrogens (primary N) is 1. The van der Waals surface area contributed by atoms with Crippen molar-refractivity contribution < 1.29 is 9.53 Å². The fraction of sp³-hybridized carbons (Fsp3) is 0.591. The number of piperidine rings is 1. The second-order valence-corrected chi connectivity index (χ2v) is 8.39. The summed E-state index contributed by atoms with van der Waals surface area (Å²) in [5, 5.41) is 18.1. The van der Waals surface area contributed by atoms with Gasteiger partial charge in [0, 0.05) is 25.6 Å². The van der Waals surface area contributed by atoms with Crippen molar-refractivity contribution in [3.63, 3.8) is 0 Å². The van der Waals surface area contributed by atoms with Crippen LogP contribution in [0.15, 0.2) is 17.1 Å². The molecule has 1 aliphatic rings. The van der Waals surface area contributed by atoms with Crippen LogP contribution in [0.3, 0.4) is 0 Å². The lowest BCUT2D eigenvalue weighted by Crippen LogP contribution is -2.39. The zero-order valence-corrected chi connectivity index (χ0v) is 18.9. The number of carbonyl (C=O) groups excluding carboxylic acids is 1. The summed E-state index contributed by atoms with van der Waals surface area (Å²) in [5.41, 5.74) is 7.07. The molecular weight excluding hydrogens is 394 g/mol. The van der Waals surface area contributed by atoms with Crippen molar-refractivity contribution in [2.24, 2.45) is 28.5 Å². The Hall–Kier alpha value is -2.97. The molecule has 0 unspecified atom stereocenters. The van der Waals surface area contributed by atoms with Gasteiger partial charge in [-0.1, -0.05) is 20.8 Å². The third-order valence-corrected chi connectivity index (χ3v) is 5.84. The summed E-state index contributed by atoms with van der Waals surface area (Å²) in [6, 6.07) is 3.38. The monoisotopic (exact) mass is 429 g/mol. The SMILES string of the molecule is Cc1nc(NCC[C@@H](C)C2CCN(C(=O)/N=C(\N)C(C)C)CC2)ccc1C(=N)OC=N. The van der Waals surface area contributed by atoms with Gasteiger partial charge in [-0.05, 0) is 50.2 Å². The molecule has 0 saturated carbocycles. The lowest BCUT2D eigenvalue weighted by atomic mass is 9.83. The standard InChI is InChI=1S/C22H35N7O2/c1-14(2)20(24)28-22(30)29-11-8-17(9-12-29)15(3)7-10-26-19-6-5-18(16(4)27-19)21(25)31-13-23/h5-6,13-15,17,23,25H,7-12H2,1-4H3,(H,26,27)(H2,24,28,30)/t15-/m1/s1. The highest BCUT2D eigenvalue weighted by Crippen LogP contribution is 2.27. The molecule has 0 aliphatic carbocycles. The van der Waals surface area contributed by atoms with E-state index in [1.54, 1.807) is 11.0 Å². The quantitative estimate of drug-likeness (QED) is 0.369. The van der Waals surface area contributed by atoms with Gasteiger partial charge in [0.25, 0.3) is 0 Å². The fourth-order valence-electron chi connectivity index (χ4n) is 3.66. The summed E-state index contributed by atoms with van der Waals surface area (Å²) in [6.07, 6.45) is 3.70. The van der Waals surface area contributed by atoms with Crippen LogP contribution in [0.1, 0.15) is 51.3 Å². The van der Waals surface area contributed by atoms with Gasteiger partial charge in [-0.15, -0.1) is 0 Å². The summed E-state index contributed by atoms with van der Waals surface area (Å²) in [4.78, 5) is 22.6. The lowest BCUT2D eigenvalue weighted by molar-refractivity contribution is 0.158. The Morgan fingerprint density at radius 2 is 2.06 bits per heavy atom. The highest BCUT2D eigenvalue weighted by atomic mass is 16.5. The predicted octanol–water partition coefficient (Wildman–Crippen LogP) is 3.62. The van der Waals surface area contributed by atoms with Gasteiger partial charge in [0.1, 0.15) is 11.7 Å². The van der Waals surface area contributed by atoms with E-state index in [4.69, 9.17) is 21.3 Å². The first kappa shape index (κ1) is 24.3. The average Bonchev–Trinajstić information content (AvgIpc) is 2.73. The van der Waals surface area contributed by atoms with Crippen LogP contribution < -0.4 is 11.1 Å². The van der Waals surface area contributed by atoms with Crippen LogP contribution in [0, 0.1) is 35.5 Å². The van der Waals surface area contributed by atoms with Gasteiger partial charge in [-0.3, -0.25) is 10.8 Å². The van der Waals surface area contributed by atoms with Crippen LogP contribution in [0.5, 0.6) is 0 Å². The van der Waals surface area contributed by atoms with Gasteiger partial charge in [-0.25, -0.2) is 9.78 Å². The number of amides is 2. The van der Waals surface area contributed by atoms with E-state index < -0.39 is 0 Å². The Kier molecular flexibility index (Phi) is 8.96. The Labute approximate surface area is 184 Å². The third kappa shape index (κ3) is 7.04. The van der Waals surface area contributed by atoms with Crippen LogP contribution in [0.25, 0.3) is 0 Å². The molecule has 170 valence electrons. The summed E-state index contributed by atoms with van der Waals surface area (Å²) in [6.45, 7) is 10.2. The average molecular weight is 430 g/mol. The second-order valence-electron chi connectivity index (χ2n) is 8.39. The number of pyridine rings is 1. The third-order valence-electron chi connectivity index (χ3n) is 5.84. The lowest BCUT2D eigenvalue weighted by Gasteiger charge is -2.34. The van der Waals surface area contributed by atoms with E-state index in [1.807, 2.05) is 26.8 Å². The molecule has 9 nitrogen and oxygen atoms in total. The molecule has 0 spiro atoms. The Bertz CT molecular complexity index is 814. The molecule has 0 radical (unpaired) electrons. The number of aliphatic imine (C=N–C) groups is 1. The fourth-order valence-corrected chi connectivity index (χ4v) is 3.66. The minimum atomic E-state index is -0.219. The molecule has 2 amide bonds. The number of rotatable bonds is 8. The number of nitrogens with one attached hydrogen (secondary N) is 3. The molecule has 1 aromatic heterocycles. The zero-order chi connectivity index (χ0) is 23.0. The molecule has 0 aromatic carbocycles. The van der Waals surface area contributed by atoms with Crippen LogP contribution in [-0.2, 0) is 4.74 Å². The van der Waals surface area contributed by atoms with E-state index in [-0.39, 0.29) is 17.8 Å². The number of nitrogens with zero attached hydrogens (tertiary/aromatic N) is 3. The molecule has 1 atom stereocenters. The summed E-state index contributed by atoms with van der Waals surface area (Å²) in [5.74, 6) is 2.25. The number of aryl methyl sites for hydroxylation is 1. The van der Waals surface area contributed by atoms with E-state index in [0.717, 1.165) is 51.1 Å². The number of amidine groups is 1. The smallest absolute Gasteiger partial charge is 0.345 e. The first-order chi connectivity index (χ1) is 14.7. The van der Waals surface area contributed by atoms with E-state index in [9.17, 15) is 4.79 Å². The Morgan fingerprint density at radius 3 is 2.65 bits per heavy atom. The number of hydrogen-bond donors (Lipinski definition) is 4. The second kappa shape index (κ2) is 11.4. The van der Waals surface area contributed by atoms with Crippen LogP contribution in [0.4, 0.5) is 10.6 Å². The van der Waals surface area contributed by atoms with E-state index in [0.29, 0.717) is 28.9 Å². The van der Waals surface area contributed by atoms with Crippen molar-refractivity contribution in [1.82, 2.24) is 9.88 Å². The zero-order valence-electron chi connectivity index (χ0n) is 18.9.